The first-order chi connectivity index (χ1) is 19.0. The van der Waals surface area contributed by atoms with Gasteiger partial charge in [0.15, 0.2) is 16.3 Å². The van der Waals surface area contributed by atoms with Gasteiger partial charge in [0.1, 0.15) is 6.04 Å². The zero-order valence-corrected chi connectivity index (χ0v) is 23.4. The number of aromatic nitrogens is 1. The van der Waals surface area contributed by atoms with Gasteiger partial charge < -0.3 is 18.9 Å². The summed E-state index contributed by atoms with van der Waals surface area (Å²) in [7, 11) is 4.62. The van der Waals surface area contributed by atoms with E-state index in [4.69, 9.17) is 23.9 Å². The van der Waals surface area contributed by atoms with Gasteiger partial charge >= 0.3 is 5.97 Å². The summed E-state index contributed by atoms with van der Waals surface area (Å²) in [5.41, 5.74) is 2.02. The van der Waals surface area contributed by atoms with Crippen LogP contribution in [0.15, 0.2) is 75.3 Å². The molecule has 200 valence electrons. The van der Waals surface area contributed by atoms with Crippen molar-refractivity contribution in [3.8, 4) is 17.2 Å². The molecule has 5 rings (SSSR count). The molecule has 0 N–H and O–H groups in total. The SMILES string of the molecule is CCOC(=O)C1=C(c2ccccc2)N=c2s/c(=C\c3cc(OC)c(OC)c(OC)c3)c(=O)n2[C@H]1c1cccs1. The van der Waals surface area contributed by atoms with Crippen LogP contribution in [0.4, 0.5) is 0 Å². The van der Waals surface area contributed by atoms with E-state index >= 15 is 0 Å². The fourth-order valence-corrected chi connectivity index (χ4v) is 6.32. The summed E-state index contributed by atoms with van der Waals surface area (Å²) >= 11 is 2.72. The summed E-state index contributed by atoms with van der Waals surface area (Å²) < 4.78 is 23.9. The van der Waals surface area contributed by atoms with E-state index in [9.17, 15) is 9.59 Å². The Morgan fingerprint density at radius 2 is 1.74 bits per heavy atom. The summed E-state index contributed by atoms with van der Waals surface area (Å²) in [6.07, 6.45) is 1.76. The Hall–Kier alpha value is -4.15. The maximum Gasteiger partial charge on any atom is 0.338 e. The van der Waals surface area contributed by atoms with Crippen molar-refractivity contribution in [3.05, 3.63) is 101 Å². The molecule has 0 saturated carbocycles. The van der Waals surface area contributed by atoms with Gasteiger partial charge in [-0.25, -0.2) is 9.79 Å². The molecule has 0 radical (unpaired) electrons. The Balaban J connectivity index is 1.78. The Bertz CT molecular complexity index is 1690. The van der Waals surface area contributed by atoms with Crippen LogP contribution in [-0.2, 0) is 9.53 Å². The van der Waals surface area contributed by atoms with Crippen LogP contribution in [0, 0.1) is 0 Å². The van der Waals surface area contributed by atoms with Crippen molar-refractivity contribution in [2.75, 3.05) is 27.9 Å². The monoisotopic (exact) mass is 562 g/mol. The standard InChI is InChI=1S/C29H26N2O6S2/c1-5-37-28(33)23-24(18-10-7-6-8-11-18)30-29-31(25(23)21-12-9-13-38-21)27(32)22(39-29)16-17-14-19(34-2)26(36-4)20(15-17)35-3/h6-16,25H,5H2,1-4H3/b22-16-/t25-/m0/s1. The number of esters is 1. The number of methoxy groups -OCH3 is 3. The smallest absolute Gasteiger partial charge is 0.338 e. The minimum Gasteiger partial charge on any atom is -0.493 e. The second kappa shape index (κ2) is 11.3. The molecule has 0 saturated heterocycles. The van der Waals surface area contributed by atoms with Crippen LogP contribution < -0.4 is 29.1 Å². The highest BCUT2D eigenvalue weighted by Gasteiger charge is 2.35. The molecule has 0 spiro atoms. The highest BCUT2D eigenvalue weighted by Crippen LogP contribution is 2.39. The van der Waals surface area contributed by atoms with E-state index in [-0.39, 0.29) is 12.2 Å². The summed E-state index contributed by atoms with van der Waals surface area (Å²) in [6.45, 7) is 1.96. The third kappa shape index (κ3) is 4.88. The number of hydrogen-bond donors (Lipinski definition) is 0. The van der Waals surface area contributed by atoms with Crippen LogP contribution in [0.2, 0.25) is 0 Å². The van der Waals surface area contributed by atoms with E-state index in [0.29, 0.717) is 43.4 Å². The predicted octanol–water partition coefficient (Wildman–Crippen LogP) is 4.02. The van der Waals surface area contributed by atoms with Gasteiger partial charge in [0.2, 0.25) is 5.75 Å². The van der Waals surface area contributed by atoms with Gasteiger partial charge in [0.05, 0.1) is 43.7 Å². The van der Waals surface area contributed by atoms with Gasteiger partial charge in [-0.2, -0.15) is 0 Å². The fourth-order valence-electron chi connectivity index (χ4n) is 4.49. The minimum atomic E-state index is -0.683. The molecule has 8 nitrogen and oxygen atoms in total. The van der Waals surface area contributed by atoms with Crippen molar-refractivity contribution in [3.63, 3.8) is 0 Å². The van der Waals surface area contributed by atoms with Gasteiger partial charge in [-0.15, -0.1) is 11.3 Å². The molecule has 2 aromatic heterocycles. The average Bonchev–Trinajstić information content (AvgIpc) is 3.60. The Morgan fingerprint density at radius 3 is 2.33 bits per heavy atom. The van der Waals surface area contributed by atoms with E-state index in [1.807, 2.05) is 47.8 Å². The van der Waals surface area contributed by atoms with Gasteiger partial charge in [0, 0.05) is 10.4 Å². The largest absolute Gasteiger partial charge is 0.493 e. The molecule has 0 aliphatic carbocycles. The number of benzene rings is 2. The molecule has 1 aliphatic heterocycles. The lowest BCUT2D eigenvalue weighted by Gasteiger charge is -2.24. The maximum absolute atomic E-state index is 13.9. The number of thiazole rings is 1. The van der Waals surface area contributed by atoms with Gasteiger partial charge in [-0.1, -0.05) is 47.7 Å². The third-order valence-electron chi connectivity index (χ3n) is 6.17. The highest BCUT2D eigenvalue weighted by molar-refractivity contribution is 7.10. The fraction of sp³-hybridized carbons (Fsp3) is 0.207. The quantitative estimate of drug-likeness (QED) is 0.302. The van der Waals surface area contributed by atoms with Crippen LogP contribution in [0.1, 0.15) is 29.0 Å². The van der Waals surface area contributed by atoms with Crippen molar-refractivity contribution in [1.82, 2.24) is 4.57 Å². The molecule has 1 aliphatic rings. The minimum absolute atomic E-state index is 0.202. The van der Waals surface area contributed by atoms with Crippen molar-refractivity contribution in [1.29, 1.82) is 0 Å². The molecule has 0 unspecified atom stereocenters. The number of nitrogens with zero attached hydrogens (tertiary/aromatic N) is 2. The molecule has 1 atom stereocenters. The van der Waals surface area contributed by atoms with Crippen molar-refractivity contribution in [2.24, 2.45) is 4.99 Å². The van der Waals surface area contributed by atoms with E-state index in [1.54, 1.807) is 29.7 Å². The number of rotatable bonds is 8. The Kier molecular flexibility index (Phi) is 7.67. The lowest BCUT2D eigenvalue weighted by Crippen LogP contribution is -2.39. The summed E-state index contributed by atoms with van der Waals surface area (Å²) in [6, 6.07) is 16.2. The normalized spacial score (nSPS) is 15.0. The number of carbonyl (C=O) groups excluding carboxylic acids is 1. The van der Waals surface area contributed by atoms with E-state index in [1.165, 1.54) is 44.0 Å². The second-order valence-corrected chi connectivity index (χ2v) is 10.4. The summed E-state index contributed by atoms with van der Waals surface area (Å²) in [5, 5.41) is 1.92. The lowest BCUT2D eigenvalue weighted by molar-refractivity contribution is -0.138. The molecule has 2 aromatic carbocycles. The van der Waals surface area contributed by atoms with E-state index in [0.717, 1.165) is 10.4 Å². The Morgan fingerprint density at radius 1 is 1.03 bits per heavy atom. The average molecular weight is 563 g/mol. The van der Waals surface area contributed by atoms with Crippen molar-refractivity contribution < 1.29 is 23.7 Å². The predicted molar refractivity (Wildman–Crippen MR) is 151 cm³/mol. The van der Waals surface area contributed by atoms with Gasteiger partial charge in [-0.05, 0) is 42.1 Å². The maximum atomic E-state index is 13.9. The molecule has 39 heavy (non-hydrogen) atoms. The zero-order chi connectivity index (χ0) is 27.5. The second-order valence-electron chi connectivity index (χ2n) is 8.41. The number of hydrogen-bond acceptors (Lipinski definition) is 9. The van der Waals surface area contributed by atoms with Crippen molar-refractivity contribution in [2.45, 2.75) is 13.0 Å². The molecule has 3 heterocycles. The van der Waals surface area contributed by atoms with Gasteiger partial charge in [0.25, 0.3) is 5.56 Å². The van der Waals surface area contributed by atoms with Gasteiger partial charge in [-0.3, -0.25) is 9.36 Å². The lowest BCUT2D eigenvalue weighted by atomic mass is 9.97. The van der Waals surface area contributed by atoms with Crippen LogP contribution in [0.25, 0.3) is 11.8 Å². The molecule has 0 fully saturated rings. The number of thiophene rings is 1. The molecule has 0 bridgehead atoms. The van der Waals surface area contributed by atoms with Crippen LogP contribution in [0.5, 0.6) is 17.2 Å². The zero-order valence-electron chi connectivity index (χ0n) is 21.8. The number of ether oxygens (including phenoxy) is 4. The highest BCUT2D eigenvalue weighted by atomic mass is 32.1. The van der Waals surface area contributed by atoms with Crippen LogP contribution in [0.3, 0.4) is 0 Å². The third-order valence-corrected chi connectivity index (χ3v) is 8.08. The molecule has 4 aromatic rings. The Labute approximate surface area is 232 Å². The first-order valence-electron chi connectivity index (χ1n) is 12.1. The first-order valence-corrected chi connectivity index (χ1v) is 13.8. The molecule has 0 amide bonds. The summed E-state index contributed by atoms with van der Waals surface area (Å²) in [5.74, 6) is 0.909. The van der Waals surface area contributed by atoms with Crippen LogP contribution >= 0.6 is 22.7 Å². The first kappa shape index (κ1) is 26.5. The number of fused-ring (bicyclic) bond motifs is 1. The molecule has 10 heteroatoms. The number of carbonyl (C=O) groups is 1. The van der Waals surface area contributed by atoms with Crippen molar-refractivity contribution >= 4 is 40.4 Å². The van der Waals surface area contributed by atoms with E-state index < -0.39 is 12.0 Å². The topological polar surface area (TPSA) is 88.4 Å². The molecular formula is C29H26N2O6S2. The van der Waals surface area contributed by atoms with Crippen LogP contribution in [-0.4, -0.2) is 38.5 Å². The van der Waals surface area contributed by atoms with E-state index in [2.05, 4.69) is 0 Å². The molecular weight excluding hydrogens is 536 g/mol. The summed E-state index contributed by atoms with van der Waals surface area (Å²) in [4.78, 5) is 33.5.